The largest absolute Gasteiger partial charge is 0.465 e. The summed E-state index contributed by atoms with van der Waals surface area (Å²) in [7, 11) is 0. The van der Waals surface area contributed by atoms with Gasteiger partial charge in [-0.15, -0.1) is 0 Å². The lowest BCUT2D eigenvalue weighted by molar-refractivity contribution is -0.146. The number of esters is 1. The maximum absolute atomic E-state index is 12.9. The predicted molar refractivity (Wildman–Crippen MR) is 101 cm³/mol. The fourth-order valence-corrected chi connectivity index (χ4v) is 3.42. The second-order valence-electron chi connectivity index (χ2n) is 7.54. The molecule has 1 aliphatic heterocycles. The Bertz CT molecular complexity index is 786. The second-order valence-corrected chi connectivity index (χ2v) is 7.54. The van der Waals surface area contributed by atoms with Crippen molar-refractivity contribution in [2.24, 2.45) is 5.92 Å². The smallest absolute Gasteiger partial charge is 0.314 e. The summed E-state index contributed by atoms with van der Waals surface area (Å²) >= 11 is 0. The summed E-state index contributed by atoms with van der Waals surface area (Å²) in [6.45, 7) is 7.46. The highest BCUT2D eigenvalue weighted by Gasteiger charge is 2.30. The number of hydrogen-bond acceptors (Lipinski definition) is 3. The van der Waals surface area contributed by atoms with E-state index in [0.29, 0.717) is 23.8 Å². The van der Waals surface area contributed by atoms with Gasteiger partial charge in [0.1, 0.15) is 0 Å². The summed E-state index contributed by atoms with van der Waals surface area (Å²) in [5.41, 5.74) is 3.37. The van der Waals surface area contributed by atoms with Gasteiger partial charge < -0.3 is 9.30 Å². The summed E-state index contributed by atoms with van der Waals surface area (Å²) in [6, 6.07) is 11.4. The minimum Gasteiger partial charge on any atom is -0.465 e. The molecule has 0 fully saturated rings. The van der Waals surface area contributed by atoms with Gasteiger partial charge in [0.05, 0.1) is 18.2 Å². The van der Waals surface area contributed by atoms with E-state index in [2.05, 4.69) is 13.8 Å². The van der Waals surface area contributed by atoms with Crippen LogP contribution in [0.3, 0.4) is 0 Å². The zero-order valence-electron chi connectivity index (χ0n) is 15.8. The second kappa shape index (κ2) is 7.90. The minimum atomic E-state index is -0.268. The molecule has 0 radical (unpaired) electrons. The van der Waals surface area contributed by atoms with Gasteiger partial charge in [0, 0.05) is 17.8 Å². The van der Waals surface area contributed by atoms with Crippen molar-refractivity contribution in [3.05, 3.63) is 58.9 Å². The normalized spacial score (nSPS) is 16.4. The third kappa shape index (κ3) is 3.90. The van der Waals surface area contributed by atoms with E-state index in [1.807, 2.05) is 47.9 Å². The number of hydrogen-bond donors (Lipinski definition) is 0. The van der Waals surface area contributed by atoms with Crippen molar-refractivity contribution >= 4 is 11.8 Å². The number of ether oxygens (including phenoxy) is 1. The van der Waals surface area contributed by atoms with Gasteiger partial charge in [-0.2, -0.15) is 0 Å². The van der Waals surface area contributed by atoms with Crippen molar-refractivity contribution in [1.29, 1.82) is 0 Å². The Morgan fingerprint density at radius 1 is 1.15 bits per heavy atom. The molecule has 0 amide bonds. The zero-order valence-corrected chi connectivity index (χ0v) is 15.8. The van der Waals surface area contributed by atoms with Gasteiger partial charge in [0.2, 0.25) is 5.78 Å². The molecule has 0 saturated carbocycles. The lowest BCUT2D eigenvalue weighted by atomic mass is 9.96. The molecule has 0 bridgehead atoms. The van der Waals surface area contributed by atoms with E-state index in [1.54, 1.807) is 0 Å². The number of nitrogens with zero attached hydrogens (tertiary/aromatic N) is 1. The van der Waals surface area contributed by atoms with E-state index >= 15 is 0 Å². The van der Waals surface area contributed by atoms with Crippen molar-refractivity contribution in [1.82, 2.24) is 4.57 Å². The van der Waals surface area contributed by atoms with Crippen LogP contribution < -0.4 is 0 Å². The first kappa shape index (κ1) is 18.4. The summed E-state index contributed by atoms with van der Waals surface area (Å²) in [5.74, 6) is 0.0799. The Morgan fingerprint density at radius 2 is 1.88 bits per heavy atom. The summed E-state index contributed by atoms with van der Waals surface area (Å²) in [4.78, 5) is 25.4. The molecule has 2 aromatic rings. The highest BCUT2D eigenvalue weighted by Crippen LogP contribution is 2.31. The zero-order chi connectivity index (χ0) is 18.7. The molecule has 26 heavy (non-hydrogen) atoms. The number of aryl methyl sites for hydroxylation is 1. The first-order chi connectivity index (χ1) is 12.5. The molecule has 1 aliphatic rings. The molecule has 2 heterocycles. The van der Waals surface area contributed by atoms with Crippen LogP contribution >= 0.6 is 0 Å². The van der Waals surface area contributed by atoms with Crippen LogP contribution in [-0.2, 0) is 16.1 Å². The molecular weight excluding hydrogens is 326 g/mol. The van der Waals surface area contributed by atoms with Crippen LogP contribution in [0.15, 0.2) is 36.4 Å². The fourth-order valence-electron chi connectivity index (χ4n) is 3.42. The van der Waals surface area contributed by atoms with Crippen molar-refractivity contribution in [2.75, 3.05) is 6.61 Å². The summed E-state index contributed by atoms with van der Waals surface area (Å²) in [6.07, 6.45) is 2.53. The molecule has 0 spiro atoms. The molecule has 1 aromatic carbocycles. The molecular formula is C22H27NO3. The van der Waals surface area contributed by atoms with E-state index < -0.39 is 0 Å². The van der Waals surface area contributed by atoms with Crippen LogP contribution in [0.25, 0.3) is 0 Å². The van der Waals surface area contributed by atoms with Gasteiger partial charge in [-0.05, 0) is 44.2 Å². The Morgan fingerprint density at radius 3 is 2.58 bits per heavy atom. The molecule has 1 atom stereocenters. The molecule has 4 nitrogen and oxygen atoms in total. The SMILES string of the molecule is Cc1ccc(C(=O)c2ccc3n2CCCC3C(=O)OCCC(C)C)cc1. The summed E-state index contributed by atoms with van der Waals surface area (Å²) < 4.78 is 7.48. The lowest BCUT2D eigenvalue weighted by Crippen LogP contribution is -2.26. The monoisotopic (exact) mass is 353 g/mol. The van der Waals surface area contributed by atoms with Gasteiger partial charge in [0.25, 0.3) is 0 Å². The Kier molecular flexibility index (Phi) is 5.60. The number of ketones is 1. The number of benzene rings is 1. The highest BCUT2D eigenvalue weighted by atomic mass is 16.5. The number of carbonyl (C=O) groups excluding carboxylic acids is 2. The Balaban J connectivity index is 1.79. The van der Waals surface area contributed by atoms with Crippen LogP contribution in [0.5, 0.6) is 0 Å². The maximum Gasteiger partial charge on any atom is 0.314 e. The molecule has 1 unspecified atom stereocenters. The third-order valence-corrected chi connectivity index (χ3v) is 5.02. The van der Waals surface area contributed by atoms with E-state index in [9.17, 15) is 9.59 Å². The topological polar surface area (TPSA) is 48.3 Å². The molecule has 3 rings (SSSR count). The lowest BCUT2D eigenvalue weighted by Gasteiger charge is -2.25. The number of rotatable bonds is 6. The predicted octanol–water partition coefficient (Wildman–Crippen LogP) is 4.49. The first-order valence-electron chi connectivity index (χ1n) is 9.45. The van der Waals surface area contributed by atoms with E-state index in [-0.39, 0.29) is 17.7 Å². The van der Waals surface area contributed by atoms with Crippen LogP contribution in [0.2, 0.25) is 0 Å². The van der Waals surface area contributed by atoms with Crippen molar-refractivity contribution in [3.8, 4) is 0 Å². The van der Waals surface area contributed by atoms with Crippen LogP contribution in [-0.4, -0.2) is 22.9 Å². The molecule has 1 aromatic heterocycles. The van der Waals surface area contributed by atoms with Crippen LogP contribution in [0, 0.1) is 12.8 Å². The molecule has 4 heteroatoms. The van der Waals surface area contributed by atoms with Gasteiger partial charge in [-0.25, -0.2) is 0 Å². The standard InChI is InChI=1S/C22H27NO3/c1-15(2)12-14-26-22(25)18-5-4-13-23-19(18)10-11-20(23)21(24)17-8-6-16(3)7-9-17/h6-11,15,18H,4-5,12-14H2,1-3H3. The van der Waals surface area contributed by atoms with Crippen LogP contribution in [0.4, 0.5) is 0 Å². The third-order valence-electron chi connectivity index (χ3n) is 5.02. The molecule has 0 N–H and O–H groups in total. The fraction of sp³-hybridized carbons (Fsp3) is 0.455. The van der Waals surface area contributed by atoms with Gasteiger partial charge in [-0.1, -0.05) is 43.7 Å². The van der Waals surface area contributed by atoms with Crippen molar-refractivity contribution in [3.63, 3.8) is 0 Å². The quantitative estimate of drug-likeness (QED) is 0.568. The first-order valence-corrected chi connectivity index (χ1v) is 9.45. The van der Waals surface area contributed by atoms with Gasteiger partial charge >= 0.3 is 5.97 Å². The summed E-state index contributed by atoms with van der Waals surface area (Å²) in [5, 5.41) is 0. The molecule has 0 aliphatic carbocycles. The maximum atomic E-state index is 12.9. The van der Waals surface area contributed by atoms with E-state index in [0.717, 1.165) is 37.1 Å². The Hall–Kier alpha value is -2.36. The average Bonchev–Trinajstić information content (AvgIpc) is 3.05. The van der Waals surface area contributed by atoms with Gasteiger partial charge in [0.15, 0.2) is 0 Å². The van der Waals surface area contributed by atoms with Crippen molar-refractivity contribution in [2.45, 2.75) is 52.5 Å². The average molecular weight is 353 g/mol. The van der Waals surface area contributed by atoms with E-state index in [4.69, 9.17) is 4.74 Å². The van der Waals surface area contributed by atoms with Crippen LogP contribution in [0.1, 0.15) is 66.3 Å². The van der Waals surface area contributed by atoms with Crippen molar-refractivity contribution < 1.29 is 14.3 Å². The highest BCUT2D eigenvalue weighted by molar-refractivity contribution is 6.08. The van der Waals surface area contributed by atoms with E-state index in [1.165, 1.54) is 0 Å². The number of carbonyl (C=O) groups is 2. The molecule has 0 saturated heterocycles. The number of fused-ring (bicyclic) bond motifs is 1. The number of aromatic nitrogens is 1. The molecule has 138 valence electrons. The Labute approximate surface area is 155 Å². The minimum absolute atomic E-state index is 0.00470. The van der Waals surface area contributed by atoms with Gasteiger partial charge in [-0.3, -0.25) is 9.59 Å².